The number of hydrogen-bond acceptors (Lipinski definition) is 7. The second kappa shape index (κ2) is 18.7. The molecular weight excluding hydrogens is 665 g/mol. The van der Waals surface area contributed by atoms with Gasteiger partial charge >= 0.3 is 5.97 Å². The molecule has 1 heterocycles. The molecule has 4 aromatic rings. The molecular formula is C41H46N2O7S. The summed E-state index contributed by atoms with van der Waals surface area (Å²) in [5.41, 5.74) is 6.07. The molecule has 268 valence electrons. The molecule has 1 saturated heterocycles. The molecule has 4 N–H and O–H groups in total. The number of benzene rings is 4. The minimum absolute atomic E-state index is 0.0153. The van der Waals surface area contributed by atoms with Crippen LogP contribution in [0, 0.1) is 5.92 Å². The topological polar surface area (TPSA) is 134 Å². The third-order valence-electron chi connectivity index (χ3n) is 9.03. The number of aliphatic hydroxyl groups excluding tert-OH is 1. The zero-order valence-corrected chi connectivity index (χ0v) is 29.9. The number of carboxylic acid groups (broad SMARTS) is 1. The van der Waals surface area contributed by atoms with Crippen LogP contribution in [0.3, 0.4) is 0 Å². The normalized spacial score (nSPS) is 18.6. The van der Waals surface area contributed by atoms with Gasteiger partial charge in [-0.25, -0.2) is 4.79 Å². The van der Waals surface area contributed by atoms with Gasteiger partial charge in [-0.05, 0) is 71.0 Å². The van der Waals surface area contributed by atoms with Crippen LogP contribution in [0.4, 0.5) is 0 Å². The largest absolute Gasteiger partial charge is 0.478 e. The van der Waals surface area contributed by atoms with E-state index in [9.17, 15) is 24.6 Å². The summed E-state index contributed by atoms with van der Waals surface area (Å²) < 4.78 is 13.2. The lowest BCUT2D eigenvalue weighted by atomic mass is 9.91. The number of unbranched alkanes of at least 4 members (excludes halogenated alkanes) is 2. The fourth-order valence-electron chi connectivity index (χ4n) is 6.02. The maximum atomic E-state index is 12.4. The van der Waals surface area contributed by atoms with Crippen molar-refractivity contribution in [3.8, 4) is 11.1 Å². The number of rotatable bonds is 16. The molecule has 1 fully saturated rings. The Bertz CT molecular complexity index is 1750. The number of carboxylic acids is 1. The van der Waals surface area contributed by atoms with Crippen LogP contribution < -0.4 is 10.6 Å². The molecule has 0 aromatic heterocycles. The predicted octanol–water partition coefficient (Wildman–Crippen LogP) is 7.44. The fourth-order valence-corrected chi connectivity index (χ4v) is 7.08. The molecule has 1 aliphatic rings. The minimum atomic E-state index is -0.951. The number of ether oxygens (including phenoxy) is 2. The van der Waals surface area contributed by atoms with Crippen molar-refractivity contribution < 1.29 is 34.1 Å². The number of thioether (sulfide) groups is 1. The number of hydrogen-bond donors (Lipinski definition) is 4. The molecule has 0 aliphatic carbocycles. The molecule has 9 nitrogen and oxygen atoms in total. The molecule has 2 amide bonds. The van der Waals surface area contributed by atoms with Gasteiger partial charge < -0.3 is 30.3 Å². The Labute approximate surface area is 303 Å². The van der Waals surface area contributed by atoms with Gasteiger partial charge in [-0.1, -0.05) is 80.1 Å². The summed E-state index contributed by atoms with van der Waals surface area (Å²) in [7, 11) is 0. The summed E-state index contributed by atoms with van der Waals surface area (Å²) in [6.07, 6.45) is 1.97. The molecule has 0 saturated carbocycles. The third kappa shape index (κ3) is 11.0. The van der Waals surface area contributed by atoms with Gasteiger partial charge in [0.25, 0.3) is 0 Å². The summed E-state index contributed by atoms with van der Waals surface area (Å²) in [5.74, 6) is -0.300. The van der Waals surface area contributed by atoms with E-state index in [0.29, 0.717) is 25.3 Å². The number of carbonyl (C=O) groups is 3. The van der Waals surface area contributed by atoms with E-state index in [-0.39, 0.29) is 42.1 Å². The van der Waals surface area contributed by atoms with E-state index in [1.165, 1.54) is 6.92 Å². The van der Waals surface area contributed by atoms with Crippen LogP contribution in [0.25, 0.3) is 11.1 Å². The van der Waals surface area contributed by atoms with Crippen molar-refractivity contribution >= 4 is 29.5 Å². The highest BCUT2D eigenvalue weighted by Gasteiger charge is 2.38. The van der Waals surface area contributed by atoms with E-state index in [4.69, 9.17) is 9.47 Å². The Morgan fingerprint density at radius 3 is 2.20 bits per heavy atom. The molecule has 5 rings (SSSR count). The molecule has 0 radical (unpaired) electrons. The van der Waals surface area contributed by atoms with Gasteiger partial charge in [0.2, 0.25) is 11.8 Å². The first kappa shape index (κ1) is 37.8. The molecule has 10 heteroatoms. The van der Waals surface area contributed by atoms with E-state index in [1.54, 1.807) is 23.9 Å². The van der Waals surface area contributed by atoms with Gasteiger partial charge in [0.05, 0.1) is 24.4 Å². The van der Waals surface area contributed by atoms with E-state index in [1.807, 2.05) is 66.7 Å². The van der Waals surface area contributed by atoms with Crippen molar-refractivity contribution in [3.05, 3.63) is 125 Å². The average Bonchev–Trinajstić information content (AvgIpc) is 3.15. The lowest BCUT2D eigenvalue weighted by Crippen LogP contribution is -2.38. The van der Waals surface area contributed by atoms with E-state index in [2.05, 4.69) is 35.8 Å². The zero-order valence-electron chi connectivity index (χ0n) is 29.0. The number of carbonyl (C=O) groups excluding carboxylic acids is 2. The Morgan fingerprint density at radius 1 is 0.784 bits per heavy atom. The molecule has 1 aliphatic heterocycles. The van der Waals surface area contributed by atoms with Crippen molar-refractivity contribution in [2.75, 3.05) is 12.3 Å². The van der Waals surface area contributed by atoms with Gasteiger partial charge in [-0.2, -0.15) is 0 Å². The highest BCUT2D eigenvalue weighted by atomic mass is 32.2. The van der Waals surface area contributed by atoms with E-state index < -0.39 is 12.3 Å². The monoisotopic (exact) mass is 710 g/mol. The molecule has 0 bridgehead atoms. The SMILES string of the molecule is CC(=O)NCCCCCC(=O)NCc1cccc(-c2ccc(C3OC(CSc4ccc(C(=O)O)cc4)C(C)C(c4ccc(CO)cc4)O3)cc2)c1. The van der Waals surface area contributed by atoms with Crippen molar-refractivity contribution in [1.82, 2.24) is 10.6 Å². The van der Waals surface area contributed by atoms with E-state index in [0.717, 1.165) is 57.5 Å². The number of nitrogens with one attached hydrogen (secondary N) is 2. The zero-order chi connectivity index (χ0) is 36.2. The molecule has 4 aromatic carbocycles. The Balaban J connectivity index is 1.23. The first-order valence-electron chi connectivity index (χ1n) is 17.4. The molecule has 4 unspecified atom stereocenters. The second-order valence-corrected chi connectivity index (χ2v) is 13.9. The summed E-state index contributed by atoms with van der Waals surface area (Å²) in [6, 6.07) is 31.0. The van der Waals surface area contributed by atoms with Crippen molar-refractivity contribution in [2.24, 2.45) is 5.92 Å². The standard InChI is InChI=1S/C41H46N2O7S/c1-27-37(26-51-36-20-18-33(19-21-36)40(47)48)49-41(50-39(27)32-12-10-29(25-44)11-13-32)34-16-14-31(15-17-34)35-8-6-7-30(23-35)24-43-38(46)9-4-3-5-22-42-28(2)45/h6-8,10-21,23,27,37,39,41,44H,3-5,9,22,24-26H2,1-2H3,(H,42,45)(H,43,46)(H,47,48). The van der Waals surface area contributed by atoms with Crippen LogP contribution in [0.5, 0.6) is 0 Å². The number of amides is 2. The maximum absolute atomic E-state index is 12.4. The molecule has 4 atom stereocenters. The molecule has 51 heavy (non-hydrogen) atoms. The van der Waals surface area contributed by atoms with Crippen LogP contribution in [0.15, 0.2) is 102 Å². The Kier molecular flexibility index (Phi) is 13.8. The maximum Gasteiger partial charge on any atom is 0.335 e. The van der Waals surface area contributed by atoms with Crippen LogP contribution in [-0.2, 0) is 32.2 Å². The van der Waals surface area contributed by atoms with Crippen LogP contribution in [0.1, 0.15) is 84.5 Å². The second-order valence-electron chi connectivity index (χ2n) is 12.9. The van der Waals surface area contributed by atoms with Gasteiger partial charge in [0.15, 0.2) is 6.29 Å². The molecule has 0 spiro atoms. The minimum Gasteiger partial charge on any atom is -0.478 e. The first-order valence-corrected chi connectivity index (χ1v) is 18.4. The van der Waals surface area contributed by atoms with E-state index >= 15 is 0 Å². The van der Waals surface area contributed by atoms with Crippen LogP contribution in [0.2, 0.25) is 0 Å². The van der Waals surface area contributed by atoms with Crippen molar-refractivity contribution in [3.63, 3.8) is 0 Å². The van der Waals surface area contributed by atoms with Crippen molar-refractivity contribution in [1.29, 1.82) is 0 Å². The van der Waals surface area contributed by atoms with Crippen LogP contribution >= 0.6 is 11.8 Å². The highest BCUT2D eigenvalue weighted by Crippen LogP contribution is 2.43. The summed E-state index contributed by atoms with van der Waals surface area (Å²) in [6.45, 7) is 4.68. The average molecular weight is 711 g/mol. The smallest absolute Gasteiger partial charge is 0.335 e. The predicted molar refractivity (Wildman–Crippen MR) is 198 cm³/mol. The summed E-state index contributed by atoms with van der Waals surface area (Å²) >= 11 is 1.62. The number of aromatic carboxylic acids is 1. The Morgan fingerprint density at radius 2 is 1.51 bits per heavy atom. The van der Waals surface area contributed by atoms with Gasteiger partial charge in [0.1, 0.15) is 0 Å². The number of aliphatic hydroxyl groups is 1. The van der Waals surface area contributed by atoms with Crippen LogP contribution in [-0.4, -0.2) is 46.4 Å². The van der Waals surface area contributed by atoms with Crippen molar-refractivity contribution in [2.45, 2.75) is 76.1 Å². The van der Waals surface area contributed by atoms with Gasteiger partial charge in [0, 0.05) is 48.6 Å². The first-order chi connectivity index (χ1) is 24.7. The lowest BCUT2D eigenvalue weighted by molar-refractivity contribution is -0.268. The lowest BCUT2D eigenvalue weighted by Gasteiger charge is -2.41. The fraction of sp³-hybridized carbons (Fsp3) is 0.341. The highest BCUT2D eigenvalue weighted by molar-refractivity contribution is 7.99. The van der Waals surface area contributed by atoms with Gasteiger partial charge in [-0.3, -0.25) is 9.59 Å². The summed E-state index contributed by atoms with van der Waals surface area (Å²) in [4.78, 5) is 35.6. The Hall–Kier alpha value is -4.48. The third-order valence-corrected chi connectivity index (χ3v) is 10.1. The quantitative estimate of drug-likeness (QED) is 0.0697. The summed E-state index contributed by atoms with van der Waals surface area (Å²) in [5, 5.41) is 24.6. The van der Waals surface area contributed by atoms with Gasteiger partial charge in [-0.15, -0.1) is 11.8 Å².